The van der Waals surface area contributed by atoms with Crippen LogP contribution in [-0.2, 0) is 21.9 Å². The number of nitrogens with zero attached hydrogens (tertiary/aromatic N) is 3. The Morgan fingerprint density at radius 3 is 2.39 bits per heavy atom. The SMILES string of the molecule is CCOc1ccc(C2/C(=C(\O)c3ccc(OCc4ccccc4C)cc3)C(=O)C(=O)N2c2nnc(SCc3ccccc3F)s2)cc1OC. The molecule has 1 aliphatic rings. The fourth-order valence-electron chi connectivity index (χ4n) is 5.39. The van der Waals surface area contributed by atoms with E-state index in [1.807, 2.05) is 38.1 Å². The zero-order valence-corrected chi connectivity index (χ0v) is 28.5. The Labute approximate surface area is 291 Å². The Morgan fingerprint density at radius 2 is 1.67 bits per heavy atom. The molecule has 2 heterocycles. The summed E-state index contributed by atoms with van der Waals surface area (Å²) in [5, 5.41) is 20.3. The van der Waals surface area contributed by atoms with Gasteiger partial charge in [-0.05, 0) is 78.6 Å². The minimum Gasteiger partial charge on any atom is -0.507 e. The average molecular weight is 698 g/mol. The maximum Gasteiger partial charge on any atom is 0.301 e. The predicted octanol–water partition coefficient (Wildman–Crippen LogP) is 7.89. The van der Waals surface area contributed by atoms with Crippen molar-refractivity contribution >= 4 is 45.7 Å². The molecule has 0 bridgehead atoms. The third-order valence-corrected chi connectivity index (χ3v) is 10.0. The number of ether oxygens (including phenoxy) is 3. The molecule has 1 N–H and O–H groups in total. The summed E-state index contributed by atoms with van der Waals surface area (Å²) < 4.78 is 31.9. The van der Waals surface area contributed by atoms with E-state index in [2.05, 4.69) is 10.2 Å². The molecule has 1 atom stereocenters. The van der Waals surface area contributed by atoms with Crippen LogP contribution in [-0.4, -0.2) is 40.7 Å². The van der Waals surface area contributed by atoms with Crippen molar-refractivity contribution in [2.75, 3.05) is 18.6 Å². The van der Waals surface area contributed by atoms with Gasteiger partial charge in [0.05, 0.1) is 25.3 Å². The van der Waals surface area contributed by atoms with E-state index < -0.39 is 17.7 Å². The van der Waals surface area contributed by atoms with E-state index in [-0.39, 0.29) is 22.3 Å². The molecule has 0 spiro atoms. The number of anilines is 1. The van der Waals surface area contributed by atoms with E-state index in [4.69, 9.17) is 14.2 Å². The number of aliphatic hydroxyl groups is 1. The molecule has 1 saturated heterocycles. The van der Waals surface area contributed by atoms with Crippen LogP contribution >= 0.6 is 23.1 Å². The number of thioether (sulfide) groups is 1. The number of amides is 1. The monoisotopic (exact) mass is 697 g/mol. The van der Waals surface area contributed by atoms with Crippen molar-refractivity contribution in [2.24, 2.45) is 0 Å². The Hall–Kier alpha value is -5.20. The van der Waals surface area contributed by atoms with Crippen LogP contribution < -0.4 is 19.1 Å². The Bertz CT molecular complexity index is 2030. The fourth-order valence-corrected chi connectivity index (χ4v) is 7.24. The number of aryl methyl sites for hydroxylation is 1. The standard InChI is InChI=1S/C37H32FN3O6S2/c1-4-46-29-18-15-24(19-30(29)45-3)32-31(33(42)23-13-16-27(17-14-23)47-20-25-10-6-5-9-22(25)2)34(43)35(44)41(32)36-39-40-37(49-36)48-21-26-11-7-8-12-28(26)38/h5-19,32,42H,4,20-21H2,1-3H3/b33-31+. The number of aliphatic hydroxyl groups excluding tert-OH is 1. The second-order valence-corrected chi connectivity index (χ2v) is 13.2. The minimum atomic E-state index is -1.07. The Kier molecular flexibility index (Phi) is 10.3. The molecular weight excluding hydrogens is 666 g/mol. The molecule has 0 aliphatic carbocycles. The lowest BCUT2D eigenvalue weighted by Gasteiger charge is -2.23. The van der Waals surface area contributed by atoms with E-state index in [0.29, 0.717) is 57.2 Å². The van der Waals surface area contributed by atoms with Crippen molar-refractivity contribution in [3.05, 3.63) is 130 Å². The van der Waals surface area contributed by atoms with Crippen molar-refractivity contribution in [2.45, 2.75) is 36.6 Å². The zero-order chi connectivity index (χ0) is 34.5. The highest BCUT2D eigenvalue weighted by molar-refractivity contribution is 8.00. The summed E-state index contributed by atoms with van der Waals surface area (Å²) in [6.45, 7) is 4.62. The van der Waals surface area contributed by atoms with Gasteiger partial charge in [0, 0.05) is 11.3 Å². The van der Waals surface area contributed by atoms with Crippen molar-refractivity contribution < 1.29 is 33.3 Å². The quantitative estimate of drug-likeness (QED) is 0.0458. The molecule has 1 unspecified atom stereocenters. The van der Waals surface area contributed by atoms with Gasteiger partial charge in [-0.1, -0.05) is 71.6 Å². The molecule has 250 valence electrons. The van der Waals surface area contributed by atoms with Crippen molar-refractivity contribution in [3.63, 3.8) is 0 Å². The maximum atomic E-state index is 14.2. The number of aromatic nitrogens is 2. The van der Waals surface area contributed by atoms with Gasteiger partial charge in [0.15, 0.2) is 15.8 Å². The van der Waals surface area contributed by atoms with Gasteiger partial charge in [-0.25, -0.2) is 4.39 Å². The smallest absolute Gasteiger partial charge is 0.301 e. The molecule has 0 saturated carbocycles. The first-order valence-electron chi connectivity index (χ1n) is 15.4. The normalized spacial score (nSPS) is 15.4. The highest BCUT2D eigenvalue weighted by Gasteiger charge is 2.48. The van der Waals surface area contributed by atoms with Crippen LogP contribution in [0.1, 0.15) is 40.8 Å². The van der Waals surface area contributed by atoms with Gasteiger partial charge in [-0.3, -0.25) is 14.5 Å². The number of hydrogen-bond acceptors (Lipinski definition) is 10. The van der Waals surface area contributed by atoms with E-state index in [0.717, 1.165) is 22.5 Å². The highest BCUT2D eigenvalue weighted by Crippen LogP contribution is 2.45. The molecule has 1 amide bonds. The number of carbonyl (C=O) groups is 2. The van der Waals surface area contributed by atoms with Crippen LogP contribution in [0.5, 0.6) is 17.2 Å². The number of carbonyl (C=O) groups excluding carboxylic acids is 2. The van der Waals surface area contributed by atoms with E-state index >= 15 is 0 Å². The highest BCUT2D eigenvalue weighted by atomic mass is 32.2. The molecule has 1 aliphatic heterocycles. The lowest BCUT2D eigenvalue weighted by atomic mass is 9.95. The van der Waals surface area contributed by atoms with Crippen molar-refractivity contribution in [3.8, 4) is 17.2 Å². The number of benzene rings is 4. The molecule has 6 rings (SSSR count). The number of rotatable bonds is 12. The molecule has 4 aromatic carbocycles. The third-order valence-electron chi connectivity index (χ3n) is 7.94. The molecule has 0 radical (unpaired) electrons. The van der Waals surface area contributed by atoms with Gasteiger partial charge in [-0.2, -0.15) is 0 Å². The Balaban J connectivity index is 1.35. The molecular formula is C37H32FN3O6S2. The summed E-state index contributed by atoms with van der Waals surface area (Å²) in [5.74, 6) is -0.714. The number of Topliss-reactive ketones (excluding diaryl/α,β-unsaturated/α-hetero) is 1. The number of halogens is 1. The molecule has 1 fully saturated rings. The summed E-state index contributed by atoms with van der Waals surface area (Å²) in [4.78, 5) is 28.7. The average Bonchev–Trinajstić information content (AvgIpc) is 3.69. The second kappa shape index (κ2) is 14.9. The van der Waals surface area contributed by atoms with Gasteiger partial charge in [-0.15, -0.1) is 10.2 Å². The van der Waals surface area contributed by atoms with Gasteiger partial charge in [0.1, 0.15) is 23.9 Å². The summed E-state index contributed by atoms with van der Waals surface area (Å²) in [6.07, 6.45) is 0. The summed E-state index contributed by atoms with van der Waals surface area (Å²) >= 11 is 2.35. The van der Waals surface area contributed by atoms with Crippen LogP contribution in [0.15, 0.2) is 101 Å². The lowest BCUT2D eigenvalue weighted by molar-refractivity contribution is -0.132. The Morgan fingerprint density at radius 1 is 0.939 bits per heavy atom. The molecule has 49 heavy (non-hydrogen) atoms. The summed E-state index contributed by atoms with van der Waals surface area (Å²) in [5.41, 5.74) is 3.33. The van der Waals surface area contributed by atoms with Crippen molar-refractivity contribution in [1.29, 1.82) is 0 Å². The number of hydrogen-bond donors (Lipinski definition) is 1. The van der Waals surface area contributed by atoms with Crippen molar-refractivity contribution in [1.82, 2.24) is 10.2 Å². The predicted molar refractivity (Wildman–Crippen MR) is 187 cm³/mol. The van der Waals surface area contributed by atoms with Crippen LogP contribution in [0.4, 0.5) is 9.52 Å². The summed E-state index contributed by atoms with van der Waals surface area (Å²) in [7, 11) is 1.49. The number of methoxy groups -OCH3 is 1. The maximum absolute atomic E-state index is 14.2. The largest absolute Gasteiger partial charge is 0.507 e. The van der Waals surface area contributed by atoms with Crippen LogP contribution in [0.2, 0.25) is 0 Å². The lowest BCUT2D eigenvalue weighted by Crippen LogP contribution is -2.29. The first-order chi connectivity index (χ1) is 23.8. The first kappa shape index (κ1) is 33.7. The van der Waals surface area contributed by atoms with Crippen LogP contribution in [0, 0.1) is 12.7 Å². The minimum absolute atomic E-state index is 0.124. The second-order valence-electron chi connectivity index (χ2n) is 11.0. The van der Waals surface area contributed by atoms with Gasteiger partial charge >= 0.3 is 5.91 Å². The van der Waals surface area contributed by atoms with E-state index in [9.17, 15) is 19.1 Å². The molecule has 9 nitrogen and oxygen atoms in total. The number of ketones is 1. The molecule has 12 heteroatoms. The zero-order valence-electron chi connectivity index (χ0n) is 26.9. The van der Waals surface area contributed by atoms with Crippen LogP contribution in [0.3, 0.4) is 0 Å². The third kappa shape index (κ3) is 7.15. The van der Waals surface area contributed by atoms with Crippen LogP contribution in [0.25, 0.3) is 5.76 Å². The topological polar surface area (TPSA) is 111 Å². The van der Waals surface area contributed by atoms with Gasteiger partial charge < -0.3 is 19.3 Å². The van der Waals surface area contributed by atoms with Gasteiger partial charge in [0.25, 0.3) is 5.78 Å². The summed E-state index contributed by atoms with van der Waals surface area (Å²) in [6, 6.07) is 25.0. The molecule has 5 aromatic rings. The first-order valence-corrected chi connectivity index (χ1v) is 17.2. The molecule has 1 aromatic heterocycles. The van der Waals surface area contributed by atoms with E-state index in [1.54, 1.807) is 60.7 Å². The van der Waals surface area contributed by atoms with Gasteiger partial charge in [0.2, 0.25) is 5.13 Å². The van der Waals surface area contributed by atoms with E-state index in [1.165, 1.54) is 29.8 Å². The fraction of sp³-hybridized carbons (Fsp3) is 0.189.